The summed E-state index contributed by atoms with van der Waals surface area (Å²) in [6, 6.07) is 0. The number of aryl methyl sites for hydroxylation is 1. The summed E-state index contributed by atoms with van der Waals surface area (Å²) in [7, 11) is -4.48. The van der Waals surface area contributed by atoms with Gasteiger partial charge in [0.1, 0.15) is 18.9 Å². The van der Waals surface area contributed by atoms with Gasteiger partial charge in [0.25, 0.3) is 0 Å². The molecule has 0 aliphatic rings. The van der Waals surface area contributed by atoms with Crippen molar-refractivity contribution >= 4 is 16.2 Å². The summed E-state index contributed by atoms with van der Waals surface area (Å²) in [5.41, 5.74) is -5.32. The third-order valence-electron chi connectivity index (χ3n) is 2.89. The summed E-state index contributed by atoms with van der Waals surface area (Å²) in [5.74, 6) is 0.442. The summed E-state index contributed by atoms with van der Waals surface area (Å²) < 4.78 is 62.9. The van der Waals surface area contributed by atoms with Gasteiger partial charge in [-0.25, -0.2) is 17.6 Å². The maximum atomic E-state index is 12.4. The molecule has 0 saturated heterocycles. The molecule has 0 spiro atoms. The van der Waals surface area contributed by atoms with Crippen LogP contribution in [0, 0.1) is 0 Å². The SMILES string of the molecule is CCn1cc[n+](CCN(C)S(=O)(=O)C(F)(F)F)c1/C=N/O. The lowest BCUT2D eigenvalue weighted by Crippen LogP contribution is -2.46. The zero-order valence-corrected chi connectivity index (χ0v) is 12.3. The van der Waals surface area contributed by atoms with Gasteiger partial charge in [0.05, 0.1) is 13.1 Å². The monoisotopic (exact) mass is 329 g/mol. The molecule has 0 aliphatic heterocycles. The van der Waals surface area contributed by atoms with Gasteiger partial charge in [-0.15, -0.1) is 0 Å². The number of sulfonamides is 1. The first-order valence-corrected chi connectivity index (χ1v) is 7.37. The van der Waals surface area contributed by atoms with E-state index in [0.717, 1.165) is 13.3 Å². The van der Waals surface area contributed by atoms with E-state index in [0.29, 0.717) is 12.4 Å². The lowest BCUT2D eigenvalue weighted by molar-refractivity contribution is -0.696. The number of oxime groups is 1. The second kappa shape index (κ2) is 6.43. The molecule has 1 rings (SSSR count). The Hall–Kier alpha value is -1.62. The van der Waals surface area contributed by atoms with E-state index < -0.39 is 15.5 Å². The second-order valence-electron chi connectivity index (χ2n) is 4.15. The van der Waals surface area contributed by atoms with Crippen molar-refractivity contribution < 1.29 is 31.4 Å². The van der Waals surface area contributed by atoms with Crippen molar-refractivity contribution in [2.45, 2.75) is 25.5 Å². The van der Waals surface area contributed by atoms with E-state index in [4.69, 9.17) is 5.21 Å². The summed E-state index contributed by atoms with van der Waals surface area (Å²) in [6.45, 7) is 2.01. The Morgan fingerprint density at radius 3 is 2.62 bits per heavy atom. The van der Waals surface area contributed by atoms with Gasteiger partial charge in [-0.1, -0.05) is 5.16 Å². The highest BCUT2D eigenvalue weighted by Gasteiger charge is 2.48. The third-order valence-corrected chi connectivity index (χ3v) is 4.48. The zero-order valence-electron chi connectivity index (χ0n) is 11.4. The summed E-state index contributed by atoms with van der Waals surface area (Å²) >= 11 is 0. The Balaban J connectivity index is 2.88. The first-order valence-electron chi connectivity index (χ1n) is 5.93. The van der Waals surface area contributed by atoms with E-state index in [1.807, 2.05) is 6.92 Å². The molecular formula is C10H16F3N4O3S+. The Bertz CT molecular complexity index is 610. The molecule has 0 saturated carbocycles. The van der Waals surface area contributed by atoms with Crippen molar-refractivity contribution in [3.8, 4) is 0 Å². The molecule has 1 aromatic rings. The first kappa shape index (κ1) is 17.4. The van der Waals surface area contributed by atoms with Crippen molar-refractivity contribution in [2.75, 3.05) is 13.6 Å². The average Bonchev–Trinajstić information content (AvgIpc) is 2.77. The van der Waals surface area contributed by atoms with Gasteiger partial charge in [-0.05, 0) is 6.92 Å². The van der Waals surface area contributed by atoms with Crippen molar-refractivity contribution in [3.63, 3.8) is 0 Å². The van der Waals surface area contributed by atoms with Crippen LogP contribution < -0.4 is 4.57 Å². The van der Waals surface area contributed by atoms with Crippen LogP contribution in [0.15, 0.2) is 17.5 Å². The molecule has 0 atom stereocenters. The maximum Gasteiger partial charge on any atom is 0.511 e. The second-order valence-corrected chi connectivity index (χ2v) is 6.19. The van der Waals surface area contributed by atoms with Gasteiger partial charge in [0.15, 0.2) is 6.21 Å². The van der Waals surface area contributed by atoms with E-state index in [-0.39, 0.29) is 17.4 Å². The molecule has 0 aliphatic carbocycles. The Morgan fingerprint density at radius 2 is 2.14 bits per heavy atom. The molecule has 0 unspecified atom stereocenters. The summed E-state index contributed by atoms with van der Waals surface area (Å²) in [6.07, 6.45) is 4.34. The molecular weight excluding hydrogens is 313 g/mol. The number of rotatable bonds is 6. The minimum atomic E-state index is -5.34. The molecule has 0 radical (unpaired) electrons. The minimum Gasteiger partial charge on any atom is -0.411 e. The van der Waals surface area contributed by atoms with Crippen LogP contribution in [0.25, 0.3) is 0 Å². The quantitative estimate of drug-likeness (QED) is 0.355. The minimum absolute atomic E-state index is 0.0137. The fourth-order valence-electron chi connectivity index (χ4n) is 1.68. The summed E-state index contributed by atoms with van der Waals surface area (Å²) in [5, 5.41) is 11.5. The number of nitrogens with zero attached hydrogens (tertiary/aromatic N) is 4. The highest BCUT2D eigenvalue weighted by Crippen LogP contribution is 2.25. The van der Waals surface area contributed by atoms with Crippen LogP contribution in [-0.2, 0) is 23.1 Å². The highest BCUT2D eigenvalue weighted by atomic mass is 32.2. The van der Waals surface area contributed by atoms with Gasteiger partial charge in [0.2, 0.25) is 0 Å². The van der Waals surface area contributed by atoms with Crippen LogP contribution in [0.1, 0.15) is 12.7 Å². The molecule has 0 fully saturated rings. The highest BCUT2D eigenvalue weighted by molar-refractivity contribution is 7.89. The van der Waals surface area contributed by atoms with Crippen LogP contribution in [0.3, 0.4) is 0 Å². The van der Waals surface area contributed by atoms with E-state index >= 15 is 0 Å². The largest absolute Gasteiger partial charge is 0.511 e. The van der Waals surface area contributed by atoms with Crippen molar-refractivity contribution in [1.29, 1.82) is 0 Å². The molecule has 1 aromatic heterocycles. The van der Waals surface area contributed by atoms with Crippen LogP contribution in [0.2, 0.25) is 0 Å². The molecule has 0 amide bonds. The van der Waals surface area contributed by atoms with Crippen molar-refractivity contribution in [1.82, 2.24) is 8.87 Å². The zero-order chi connectivity index (χ0) is 16.3. The lowest BCUT2D eigenvalue weighted by Gasteiger charge is -2.17. The topological polar surface area (TPSA) is 78.8 Å². The van der Waals surface area contributed by atoms with Crippen molar-refractivity contribution in [3.05, 3.63) is 18.2 Å². The Labute approximate surface area is 119 Å². The maximum absolute atomic E-state index is 12.4. The molecule has 1 N–H and O–H groups in total. The van der Waals surface area contributed by atoms with Gasteiger partial charge in [-0.3, -0.25) is 0 Å². The molecule has 7 nitrogen and oxygen atoms in total. The molecule has 11 heteroatoms. The number of aromatic nitrogens is 2. The van der Waals surface area contributed by atoms with Gasteiger partial charge in [-0.2, -0.15) is 17.5 Å². The molecule has 0 bridgehead atoms. The van der Waals surface area contributed by atoms with Gasteiger partial charge >= 0.3 is 21.4 Å². The predicted molar refractivity (Wildman–Crippen MR) is 67.3 cm³/mol. The molecule has 120 valence electrons. The molecule has 0 aromatic carbocycles. The van der Waals surface area contributed by atoms with Crippen LogP contribution in [0.5, 0.6) is 0 Å². The van der Waals surface area contributed by atoms with Gasteiger partial charge in [0, 0.05) is 7.05 Å². The fourth-order valence-corrected chi connectivity index (χ4v) is 2.36. The van der Waals surface area contributed by atoms with Crippen LogP contribution in [-0.4, -0.2) is 47.8 Å². The number of hydrogen-bond donors (Lipinski definition) is 1. The number of likely N-dealkylation sites (N-methyl/N-ethyl adjacent to an activating group) is 1. The number of halogens is 3. The number of imidazole rings is 1. The normalized spacial score (nSPS) is 13.4. The third kappa shape index (κ3) is 3.73. The van der Waals surface area contributed by atoms with E-state index in [9.17, 15) is 21.6 Å². The van der Waals surface area contributed by atoms with E-state index in [1.54, 1.807) is 17.0 Å². The number of hydrogen-bond acceptors (Lipinski definition) is 4. The first-order chi connectivity index (χ1) is 9.65. The summed E-state index contributed by atoms with van der Waals surface area (Å²) in [4.78, 5) is 0. The van der Waals surface area contributed by atoms with Crippen LogP contribution in [0.4, 0.5) is 13.2 Å². The predicted octanol–water partition coefficient (Wildman–Crippen LogP) is 0.385. The average molecular weight is 329 g/mol. The van der Waals surface area contributed by atoms with Crippen molar-refractivity contribution in [2.24, 2.45) is 5.16 Å². The smallest absolute Gasteiger partial charge is 0.411 e. The van der Waals surface area contributed by atoms with E-state index in [2.05, 4.69) is 5.16 Å². The standard InChI is InChI=1S/C10H15F3N4O3S/c1-3-16-6-7-17(9(16)8-14-18)5-4-15(2)21(19,20)10(11,12)13/h6-8H,3-5H2,1-2H3/p+1. The Kier molecular flexibility index (Phi) is 5.34. The van der Waals surface area contributed by atoms with Crippen LogP contribution >= 0.6 is 0 Å². The van der Waals surface area contributed by atoms with E-state index in [1.165, 1.54) is 4.57 Å². The van der Waals surface area contributed by atoms with Gasteiger partial charge < -0.3 is 5.21 Å². The number of alkyl halides is 3. The lowest BCUT2D eigenvalue weighted by atomic mass is 10.5. The fraction of sp³-hybridized carbons (Fsp3) is 0.600. The molecule has 1 heterocycles. The molecule has 21 heavy (non-hydrogen) atoms. The Morgan fingerprint density at radius 1 is 1.52 bits per heavy atom.